The molecule has 2 heterocycles. The van der Waals surface area contributed by atoms with Gasteiger partial charge < -0.3 is 9.30 Å². The van der Waals surface area contributed by atoms with Crippen LogP contribution in [0.2, 0.25) is 0 Å². The van der Waals surface area contributed by atoms with Crippen LogP contribution in [0.4, 0.5) is 0 Å². The van der Waals surface area contributed by atoms with Crippen molar-refractivity contribution < 1.29 is 4.74 Å². The first-order chi connectivity index (χ1) is 19.6. The fraction of sp³-hybridized carbons (Fsp3) is 0.0571. The lowest BCUT2D eigenvalue weighted by Crippen LogP contribution is -2.34. The summed E-state index contributed by atoms with van der Waals surface area (Å²) in [5.74, 6) is 0.822. The van der Waals surface area contributed by atoms with Gasteiger partial charge in [0.25, 0.3) is 5.56 Å². The van der Waals surface area contributed by atoms with Gasteiger partial charge >= 0.3 is 0 Å². The van der Waals surface area contributed by atoms with E-state index in [0.29, 0.717) is 17.2 Å². The molecule has 5 nitrogen and oxygen atoms in total. The minimum atomic E-state index is -0.148. The molecule has 0 atom stereocenters. The SMILES string of the molecule is C=c1[nH]n(-c2ccccc2)c(=O)/c1=C\c1cc(-c2ccccc2)n(-c2ccc(OCC)cc2)c1-c1ccccc1. The third-order valence-electron chi connectivity index (χ3n) is 6.87. The molecule has 0 saturated heterocycles. The molecule has 5 heteroatoms. The molecule has 0 radical (unpaired) electrons. The molecule has 0 amide bonds. The summed E-state index contributed by atoms with van der Waals surface area (Å²) in [4.78, 5) is 13.6. The van der Waals surface area contributed by atoms with Crippen LogP contribution in [0.1, 0.15) is 12.5 Å². The lowest BCUT2D eigenvalue weighted by molar-refractivity contribution is 0.340. The number of hydrogen-bond donors (Lipinski definition) is 1. The quantitative estimate of drug-likeness (QED) is 0.282. The monoisotopic (exact) mass is 523 g/mol. The van der Waals surface area contributed by atoms with E-state index in [1.165, 1.54) is 4.68 Å². The van der Waals surface area contributed by atoms with E-state index < -0.39 is 0 Å². The molecule has 4 aromatic carbocycles. The maximum atomic E-state index is 13.6. The predicted molar refractivity (Wildman–Crippen MR) is 163 cm³/mol. The number of nitrogens with one attached hydrogen (secondary N) is 1. The fourth-order valence-corrected chi connectivity index (χ4v) is 5.04. The average Bonchev–Trinajstić information content (AvgIpc) is 3.52. The highest BCUT2D eigenvalue weighted by Gasteiger charge is 2.19. The zero-order valence-corrected chi connectivity index (χ0v) is 22.2. The molecule has 0 fully saturated rings. The number of nitrogens with zero attached hydrogens (tertiary/aromatic N) is 2. The number of hydrogen-bond acceptors (Lipinski definition) is 2. The summed E-state index contributed by atoms with van der Waals surface area (Å²) in [5.41, 5.74) is 6.62. The van der Waals surface area contributed by atoms with Crippen LogP contribution in [-0.4, -0.2) is 21.0 Å². The molecule has 0 aliphatic carbocycles. The predicted octanol–water partition coefficient (Wildman–Crippen LogP) is 5.93. The van der Waals surface area contributed by atoms with Gasteiger partial charge in [0.1, 0.15) is 5.75 Å². The minimum absolute atomic E-state index is 0.148. The van der Waals surface area contributed by atoms with E-state index in [2.05, 4.69) is 58.7 Å². The van der Waals surface area contributed by atoms with Gasteiger partial charge in [-0.15, -0.1) is 0 Å². The number of para-hydroxylation sites is 1. The standard InChI is InChI=1S/C35H29N3O2/c1-3-40-31-21-19-29(20-22-31)37-33(26-13-7-4-8-14-26)24-28(34(37)27-15-9-5-10-16-27)23-32-25(2)36-38(35(32)39)30-17-11-6-12-18-30/h4-24,36H,2-3H2,1H3/b32-23-. The highest BCUT2D eigenvalue weighted by molar-refractivity contribution is 5.82. The van der Waals surface area contributed by atoms with Crippen molar-refractivity contribution in [2.24, 2.45) is 0 Å². The number of benzene rings is 4. The highest BCUT2D eigenvalue weighted by Crippen LogP contribution is 2.36. The first-order valence-corrected chi connectivity index (χ1v) is 13.3. The van der Waals surface area contributed by atoms with Crippen molar-refractivity contribution >= 4 is 12.7 Å². The molecular weight excluding hydrogens is 494 g/mol. The van der Waals surface area contributed by atoms with Gasteiger partial charge in [-0.25, -0.2) is 4.68 Å². The Morgan fingerprint density at radius 3 is 2.00 bits per heavy atom. The molecule has 0 unspecified atom stereocenters. The van der Waals surface area contributed by atoms with E-state index >= 15 is 0 Å². The number of H-pyrrole nitrogens is 1. The van der Waals surface area contributed by atoms with E-state index in [4.69, 9.17) is 4.74 Å². The first-order valence-electron chi connectivity index (χ1n) is 13.3. The molecule has 0 spiro atoms. The molecule has 6 aromatic rings. The van der Waals surface area contributed by atoms with Crippen LogP contribution in [0.5, 0.6) is 5.75 Å². The largest absolute Gasteiger partial charge is 0.494 e. The second-order valence-corrected chi connectivity index (χ2v) is 9.45. The number of aromatic amines is 1. The summed E-state index contributed by atoms with van der Waals surface area (Å²) in [6, 6.07) is 40.3. The van der Waals surface area contributed by atoms with E-state index in [9.17, 15) is 4.79 Å². The Labute approximate surface area is 232 Å². The highest BCUT2D eigenvalue weighted by atomic mass is 16.5. The van der Waals surface area contributed by atoms with Crippen molar-refractivity contribution in [3.05, 3.63) is 148 Å². The van der Waals surface area contributed by atoms with Crippen LogP contribution in [-0.2, 0) is 0 Å². The Morgan fingerprint density at radius 1 is 0.775 bits per heavy atom. The van der Waals surface area contributed by atoms with Crippen LogP contribution in [0.25, 0.3) is 46.5 Å². The average molecular weight is 524 g/mol. The number of aromatic nitrogens is 3. The third-order valence-corrected chi connectivity index (χ3v) is 6.87. The topological polar surface area (TPSA) is 52.0 Å². The van der Waals surface area contributed by atoms with Gasteiger partial charge in [0.05, 0.1) is 34.2 Å². The van der Waals surface area contributed by atoms with Gasteiger partial charge in [0, 0.05) is 11.3 Å². The lowest BCUT2D eigenvalue weighted by atomic mass is 10.1. The van der Waals surface area contributed by atoms with Crippen molar-refractivity contribution in [2.45, 2.75) is 6.92 Å². The van der Waals surface area contributed by atoms with Gasteiger partial charge in [-0.1, -0.05) is 85.4 Å². The maximum absolute atomic E-state index is 13.6. The summed E-state index contributed by atoms with van der Waals surface area (Å²) in [5, 5.41) is 4.23. The number of ether oxygens (including phenoxy) is 1. The van der Waals surface area contributed by atoms with Crippen molar-refractivity contribution in [2.75, 3.05) is 6.61 Å². The lowest BCUT2D eigenvalue weighted by Gasteiger charge is -2.15. The zero-order valence-electron chi connectivity index (χ0n) is 22.2. The Kier molecular flexibility index (Phi) is 6.77. The van der Waals surface area contributed by atoms with E-state index in [-0.39, 0.29) is 5.56 Å². The summed E-state index contributed by atoms with van der Waals surface area (Å²) in [6.07, 6.45) is 1.94. The first kappa shape index (κ1) is 25.0. The van der Waals surface area contributed by atoms with Crippen LogP contribution in [0, 0.1) is 0 Å². The molecule has 0 saturated carbocycles. The molecule has 2 aromatic heterocycles. The second kappa shape index (κ2) is 10.8. The molecule has 1 N–H and O–H groups in total. The van der Waals surface area contributed by atoms with Gasteiger partial charge in [-0.2, -0.15) is 0 Å². The number of rotatable bonds is 7. The summed E-state index contributed by atoms with van der Waals surface area (Å²) >= 11 is 0. The zero-order chi connectivity index (χ0) is 27.5. The third kappa shape index (κ3) is 4.69. The van der Waals surface area contributed by atoms with Gasteiger partial charge in [-0.3, -0.25) is 9.89 Å². The van der Waals surface area contributed by atoms with Crippen molar-refractivity contribution in [3.8, 4) is 39.6 Å². The van der Waals surface area contributed by atoms with E-state index in [1.807, 2.05) is 91.9 Å². The van der Waals surface area contributed by atoms with Crippen molar-refractivity contribution in [1.82, 2.24) is 14.3 Å². The van der Waals surface area contributed by atoms with Crippen molar-refractivity contribution in [3.63, 3.8) is 0 Å². The molecule has 0 bridgehead atoms. The smallest absolute Gasteiger partial charge is 0.279 e. The summed E-state index contributed by atoms with van der Waals surface area (Å²) in [7, 11) is 0. The van der Waals surface area contributed by atoms with Gasteiger partial charge in [0.2, 0.25) is 0 Å². The molecule has 0 aliphatic rings. The van der Waals surface area contributed by atoms with E-state index in [1.54, 1.807) is 0 Å². The molecule has 40 heavy (non-hydrogen) atoms. The minimum Gasteiger partial charge on any atom is -0.494 e. The van der Waals surface area contributed by atoms with Gasteiger partial charge in [0.15, 0.2) is 0 Å². The Bertz CT molecular complexity index is 1920. The van der Waals surface area contributed by atoms with Crippen molar-refractivity contribution in [1.29, 1.82) is 0 Å². The molecule has 196 valence electrons. The van der Waals surface area contributed by atoms with Crippen LogP contribution in [0.3, 0.4) is 0 Å². The van der Waals surface area contributed by atoms with Crippen LogP contribution in [0.15, 0.2) is 126 Å². The van der Waals surface area contributed by atoms with Crippen LogP contribution >= 0.6 is 0 Å². The van der Waals surface area contributed by atoms with Gasteiger partial charge in [-0.05, 0) is 66.6 Å². The molecule has 6 rings (SSSR count). The summed E-state index contributed by atoms with van der Waals surface area (Å²) < 4.78 is 9.50. The normalized spacial score (nSPS) is 11.6. The fourth-order valence-electron chi connectivity index (χ4n) is 5.04. The van der Waals surface area contributed by atoms with Crippen LogP contribution < -0.4 is 20.9 Å². The van der Waals surface area contributed by atoms with E-state index in [0.717, 1.165) is 45.2 Å². The molecular formula is C35H29N3O2. The summed E-state index contributed by atoms with van der Waals surface area (Å²) in [6.45, 7) is 6.76. The Hall–Kier alpha value is -5.29. The molecule has 0 aliphatic heterocycles. The maximum Gasteiger partial charge on any atom is 0.279 e. The Morgan fingerprint density at radius 2 is 1.38 bits per heavy atom. The second-order valence-electron chi connectivity index (χ2n) is 9.45. The Balaban J connectivity index is 1.65.